The SMILES string of the molecule is CCCCC1(CC(=O)CCCC2CC(C(C)(C)S(=O)(=O)c3cccc(OC(F)(F)F)c3)C2)CCCCC1. The minimum atomic E-state index is -4.88. The number of hydrogen-bond donors (Lipinski definition) is 0. The van der Waals surface area contributed by atoms with E-state index < -0.39 is 26.7 Å². The van der Waals surface area contributed by atoms with E-state index in [0.717, 1.165) is 50.7 Å². The van der Waals surface area contributed by atoms with Crippen LogP contribution in [0.4, 0.5) is 13.2 Å². The molecule has 0 atom stereocenters. The Kier molecular flexibility index (Phi) is 9.79. The highest BCUT2D eigenvalue weighted by Gasteiger charge is 2.48. The Morgan fingerprint density at radius 2 is 1.76 bits per heavy atom. The molecule has 0 N–H and O–H groups in total. The van der Waals surface area contributed by atoms with Crippen LogP contribution in [0.15, 0.2) is 29.2 Å². The Morgan fingerprint density at radius 1 is 1.08 bits per heavy atom. The van der Waals surface area contributed by atoms with Crippen molar-refractivity contribution in [1.29, 1.82) is 0 Å². The standard InChI is InChI=1S/C29H43F3O4S/c1-4-5-15-28(16-7-6-8-17-28)21-24(33)12-9-11-22-18-23(19-22)27(2,3)37(34,35)26-14-10-13-25(20-26)36-29(30,31)32/h10,13-14,20,22-23H,4-9,11-12,15-19,21H2,1-3H3. The van der Waals surface area contributed by atoms with Crippen molar-refractivity contribution in [3.8, 4) is 5.75 Å². The van der Waals surface area contributed by atoms with E-state index in [1.165, 1.54) is 50.7 Å². The van der Waals surface area contributed by atoms with Gasteiger partial charge in [0, 0.05) is 12.8 Å². The average Bonchev–Trinajstić information content (AvgIpc) is 2.78. The zero-order chi connectivity index (χ0) is 27.3. The second-order valence-corrected chi connectivity index (χ2v) is 14.5. The molecule has 0 unspecified atom stereocenters. The van der Waals surface area contributed by atoms with Gasteiger partial charge in [-0.05, 0) is 87.8 Å². The fraction of sp³-hybridized carbons (Fsp3) is 0.759. The second-order valence-electron chi connectivity index (χ2n) is 11.9. The minimum absolute atomic E-state index is 0.0788. The monoisotopic (exact) mass is 544 g/mol. The first kappa shape index (κ1) is 30.0. The lowest BCUT2D eigenvalue weighted by Crippen LogP contribution is -2.46. The van der Waals surface area contributed by atoms with Crippen molar-refractivity contribution >= 4 is 15.6 Å². The number of carbonyl (C=O) groups is 1. The van der Waals surface area contributed by atoms with Gasteiger partial charge in [-0.15, -0.1) is 13.2 Å². The van der Waals surface area contributed by atoms with Gasteiger partial charge in [-0.3, -0.25) is 4.79 Å². The summed E-state index contributed by atoms with van der Waals surface area (Å²) in [5.74, 6) is 0.142. The van der Waals surface area contributed by atoms with Gasteiger partial charge in [-0.25, -0.2) is 8.42 Å². The summed E-state index contributed by atoms with van der Waals surface area (Å²) in [6.07, 6.45) is 9.30. The van der Waals surface area contributed by atoms with Crippen LogP contribution in [-0.2, 0) is 14.6 Å². The molecule has 0 spiro atoms. The highest BCUT2D eigenvalue weighted by Crippen LogP contribution is 2.48. The van der Waals surface area contributed by atoms with Gasteiger partial charge in [-0.1, -0.05) is 51.5 Å². The van der Waals surface area contributed by atoms with E-state index in [1.807, 2.05) is 0 Å². The van der Waals surface area contributed by atoms with Crippen molar-refractivity contribution in [1.82, 2.24) is 0 Å². The number of alkyl halides is 3. The first-order valence-corrected chi connectivity index (χ1v) is 15.4. The van der Waals surface area contributed by atoms with Gasteiger partial charge in [0.2, 0.25) is 0 Å². The fourth-order valence-corrected chi connectivity index (χ4v) is 8.13. The maximum atomic E-state index is 13.3. The molecule has 0 heterocycles. The van der Waals surface area contributed by atoms with Crippen LogP contribution in [0.1, 0.15) is 111 Å². The number of carbonyl (C=O) groups excluding carboxylic acids is 1. The molecule has 2 fully saturated rings. The molecule has 4 nitrogen and oxygen atoms in total. The van der Waals surface area contributed by atoms with E-state index in [-0.39, 0.29) is 16.2 Å². The normalized spacial score (nSPS) is 22.3. The summed E-state index contributed by atoms with van der Waals surface area (Å²) in [7, 11) is -3.87. The van der Waals surface area contributed by atoms with Crippen molar-refractivity contribution in [3.05, 3.63) is 24.3 Å². The van der Waals surface area contributed by atoms with E-state index in [9.17, 15) is 26.4 Å². The Balaban J connectivity index is 1.49. The molecular formula is C29H43F3O4S. The van der Waals surface area contributed by atoms with Crippen LogP contribution < -0.4 is 4.74 Å². The van der Waals surface area contributed by atoms with Crippen molar-refractivity contribution in [3.63, 3.8) is 0 Å². The number of benzene rings is 1. The summed E-state index contributed by atoms with van der Waals surface area (Å²) in [5, 5.41) is 0. The fourth-order valence-electron chi connectivity index (χ4n) is 6.36. The zero-order valence-corrected chi connectivity index (χ0v) is 23.4. The molecular weight excluding hydrogens is 501 g/mol. The van der Waals surface area contributed by atoms with Crippen molar-refractivity contribution in [2.45, 2.75) is 127 Å². The maximum absolute atomic E-state index is 13.3. The van der Waals surface area contributed by atoms with Crippen LogP contribution in [0, 0.1) is 17.3 Å². The Bertz CT molecular complexity index is 1000. The molecule has 1 aromatic rings. The van der Waals surface area contributed by atoms with Crippen LogP contribution in [0.5, 0.6) is 5.75 Å². The van der Waals surface area contributed by atoms with Crippen LogP contribution in [0.2, 0.25) is 0 Å². The van der Waals surface area contributed by atoms with Crippen molar-refractivity contribution in [2.24, 2.45) is 17.3 Å². The first-order valence-electron chi connectivity index (χ1n) is 13.9. The smallest absolute Gasteiger partial charge is 0.406 e. The number of Topliss-reactive ketones (excluding diaryl/α,β-unsaturated/α-hetero) is 1. The lowest BCUT2D eigenvalue weighted by atomic mass is 9.66. The molecule has 0 amide bonds. The highest BCUT2D eigenvalue weighted by atomic mass is 32.2. The summed E-state index contributed by atoms with van der Waals surface area (Å²) in [4.78, 5) is 12.7. The molecule has 8 heteroatoms. The maximum Gasteiger partial charge on any atom is 0.573 e. The number of rotatable bonds is 13. The van der Waals surface area contributed by atoms with Crippen LogP contribution in [0.25, 0.3) is 0 Å². The molecule has 2 aliphatic rings. The van der Waals surface area contributed by atoms with Crippen molar-refractivity contribution < 1.29 is 31.1 Å². The zero-order valence-electron chi connectivity index (χ0n) is 22.5. The molecule has 0 aliphatic heterocycles. The van der Waals surface area contributed by atoms with E-state index in [2.05, 4.69) is 11.7 Å². The molecule has 2 saturated carbocycles. The summed E-state index contributed by atoms with van der Waals surface area (Å²) < 4.78 is 67.2. The molecule has 0 aromatic heterocycles. The number of ketones is 1. The lowest BCUT2D eigenvalue weighted by Gasteiger charge is -2.45. The van der Waals surface area contributed by atoms with Crippen molar-refractivity contribution in [2.75, 3.05) is 0 Å². The first-order chi connectivity index (χ1) is 17.3. The third kappa shape index (κ3) is 7.73. The highest BCUT2D eigenvalue weighted by molar-refractivity contribution is 7.92. The third-order valence-electron chi connectivity index (χ3n) is 8.88. The molecule has 0 bridgehead atoms. The molecule has 1 aromatic carbocycles. The Morgan fingerprint density at radius 3 is 2.38 bits per heavy atom. The predicted octanol–water partition coefficient (Wildman–Crippen LogP) is 8.43. The van der Waals surface area contributed by atoms with Gasteiger partial charge in [0.25, 0.3) is 0 Å². The average molecular weight is 545 g/mol. The quantitative estimate of drug-likeness (QED) is 0.250. The second kappa shape index (κ2) is 12.1. The Hall–Kier alpha value is -1.57. The summed E-state index contributed by atoms with van der Waals surface area (Å²) in [5.41, 5.74) is 0.216. The van der Waals surface area contributed by atoms with Gasteiger partial charge in [0.05, 0.1) is 9.64 Å². The third-order valence-corrected chi connectivity index (χ3v) is 11.5. The van der Waals surface area contributed by atoms with E-state index >= 15 is 0 Å². The van der Waals surface area contributed by atoms with Gasteiger partial charge in [0.1, 0.15) is 11.5 Å². The molecule has 3 rings (SSSR count). The lowest BCUT2D eigenvalue weighted by molar-refractivity contribution is -0.274. The van der Waals surface area contributed by atoms with Crippen LogP contribution >= 0.6 is 0 Å². The molecule has 0 radical (unpaired) electrons. The summed E-state index contributed by atoms with van der Waals surface area (Å²) in [6.45, 7) is 5.52. The molecule has 0 saturated heterocycles. The van der Waals surface area contributed by atoms with E-state index in [1.54, 1.807) is 13.8 Å². The largest absolute Gasteiger partial charge is 0.573 e. The van der Waals surface area contributed by atoms with E-state index in [4.69, 9.17) is 0 Å². The van der Waals surface area contributed by atoms with Gasteiger partial charge in [0.15, 0.2) is 9.84 Å². The Labute approximate surface area is 220 Å². The predicted molar refractivity (Wildman–Crippen MR) is 139 cm³/mol. The molecule has 2 aliphatic carbocycles. The summed E-state index contributed by atoms with van der Waals surface area (Å²) >= 11 is 0. The van der Waals surface area contributed by atoms with Crippen LogP contribution in [0.3, 0.4) is 0 Å². The van der Waals surface area contributed by atoms with Gasteiger partial charge < -0.3 is 4.74 Å². The number of halogens is 3. The minimum Gasteiger partial charge on any atom is -0.406 e. The van der Waals surface area contributed by atoms with Gasteiger partial charge in [-0.2, -0.15) is 0 Å². The van der Waals surface area contributed by atoms with E-state index in [0.29, 0.717) is 24.5 Å². The molecule has 37 heavy (non-hydrogen) atoms. The van der Waals surface area contributed by atoms with Crippen LogP contribution in [-0.4, -0.2) is 25.3 Å². The summed E-state index contributed by atoms with van der Waals surface area (Å²) in [6, 6.07) is 4.64. The number of unbranched alkanes of at least 4 members (excludes halogenated alkanes) is 1. The topological polar surface area (TPSA) is 60.4 Å². The number of ether oxygens (including phenoxy) is 1. The number of hydrogen-bond acceptors (Lipinski definition) is 4. The van der Waals surface area contributed by atoms with Gasteiger partial charge >= 0.3 is 6.36 Å². The molecule has 210 valence electrons. The number of sulfone groups is 1.